The Morgan fingerprint density at radius 1 is 1.20 bits per heavy atom. The molecule has 0 unspecified atom stereocenters. The zero-order valence-electron chi connectivity index (χ0n) is 12.4. The van der Waals surface area contributed by atoms with Gasteiger partial charge >= 0.3 is 0 Å². The first-order chi connectivity index (χ1) is 9.56. The maximum atomic E-state index is 11.6. The number of methoxy groups -OCH3 is 1. The third-order valence-corrected chi connectivity index (χ3v) is 3.36. The molecule has 0 aliphatic heterocycles. The van der Waals surface area contributed by atoms with Crippen molar-refractivity contribution >= 4 is 5.69 Å². The SMILES string of the molecule is CCc1ccc(=O)[nH]c1-c1ccc(N(C)C)cc1OC. The van der Waals surface area contributed by atoms with Crippen LogP contribution in [0.4, 0.5) is 5.69 Å². The lowest BCUT2D eigenvalue weighted by atomic mass is 10.0. The number of aromatic nitrogens is 1. The lowest BCUT2D eigenvalue weighted by Gasteiger charge is -2.17. The summed E-state index contributed by atoms with van der Waals surface area (Å²) in [5.74, 6) is 0.757. The Kier molecular flexibility index (Phi) is 4.13. The van der Waals surface area contributed by atoms with Crippen molar-refractivity contribution < 1.29 is 4.74 Å². The molecular weight excluding hydrogens is 252 g/mol. The first-order valence-corrected chi connectivity index (χ1v) is 6.64. The number of nitrogens with zero attached hydrogens (tertiary/aromatic N) is 1. The Labute approximate surface area is 119 Å². The van der Waals surface area contributed by atoms with Gasteiger partial charge in [-0.25, -0.2) is 0 Å². The molecule has 0 atom stereocenters. The number of H-pyrrole nitrogens is 1. The van der Waals surface area contributed by atoms with Crippen LogP contribution in [-0.2, 0) is 6.42 Å². The van der Waals surface area contributed by atoms with E-state index in [4.69, 9.17) is 4.74 Å². The maximum Gasteiger partial charge on any atom is 0.248 e. The minimum absolute atomic E-state index is 0.101. The van der Waals surface area contributed by atoms with E-state index in [1.807, 2.05) is 43.3 Å². The summed E-state index contributed by atoms with van der Waals surface area (Å²) in [4.78, 5) is 16.5. The predicted octanol–water partition coefficient (Wildman–Crippen LogP) is 2.68. The second kappa shape index (κ2) is 5.82. The van der Waals surface area contributed by atoms with Crippen LogP contribution in [0, 0.1) is 0 Å². The third kappa shape index (κ3) is 2.69. The van der Waals surface area contributed by atoms with Gasteiger partial charge in [0.25, 0.3) is 0 Å². The van der Waals surface area contributed by atoms with Crippen LogP contribution in [0.2, 0.25) is 0 Å². The molecule has 0 saturated carbocycles. The number of anilines is 1. The number of nitrogens with one attached hydrogen (secondary N) is 1. The molecule has 106 valence electrons. The summed E-state index contributed by atoms with van der Waals surface area (Å²) in [7, 11) is 5.61. The number of ether oxygens (including phenoxy) is 1. The number of benzene rings is 1. The zero-order chi connectivity index (χ0) is 14.7. The molecule has 0 radical (unpaired) electrons. The van der Waals surface area contributed by atoms with Crippen LogP contribution in [-0.4, -0.2) is 26.2 Å². The molecule has 1 aromatic heterocycles. The van der Waals surface area contributed by atoms with E-state index in [9.17, 15) is 4.79 Å². The third-order valence-electron chi connectivity index (χ3n) is 3.36. The van der Waals surface area contributed by atoms with Gasteiger partial charge in [0.15, 0.2) is 0 Å². The molecule has 1 heterocycles. The number of aromatic amines is 1. The lowest BCUT2D eigenvalue weighted by molar-refractivity contribution is 0.416. The normalized spacial score (nSPS) is 10.4. The highest BCUT2D eigenvalue weighted by Crippen LogP contribution is 2.33. The van der Waals surface area contributed by atoms with Crippen molar-refractivity contribution in [3.8, 4) is 17.0 Å². The Morgan fingerprint density at radius 2 is 1.95 bits per heavy atom. The Hall–Kier alpha value is -2.23. The van der Waals surface area contributed by atoms with Gasteiger partial charge in [0.05, 0.1) is 12.8 Å². The van der Waals surface area contributed by atoms with Crippen LogP contribution in [0.25, 0.3) is 11.3 Å². The maximum absolute atomic E-state index is 11.6. The van der Waals surface area contributed by atoms with Crippen LogP contribution >= 0.6 is 0 Å². The molecule has 0 spiro atoms. The first kappa shape index (κ1) is 14.2. The zero-order valence-corrected chi connectivity index (χ0v) is 12.4. The van der Waals surface area contributed by atoms with Crippen molar-refractivity contribution in [2.45, 2.75) is 13.3 Å². The minimum atomic E-state index is -0.101. The molecule has 2 aromatic rings. The Balaban J connectivity index is 2.63. The number of hydrogen-bond acceptors (Lipinski definition) is 3. The molecule has 0 bridgehead atoms. The fourth-order valence-corrected chi connectivity index (χ4v) is 2.20. The van der Waals surface area contributed by atoms with Crippen molar-refractivity contribution in [1.82, 2.24) is 4.98 Å². The van der Waals surface area contributed by atoms with Gasteiger partial charge < -0.3 is 14.6 Å². The smallest absolute Gasteiger partial charge is 0.248 e. The van der Waals surface area contributed by atoms with Crippen LogP contribution in [0.1, 0.15) is 12.5 Å². The predicted molar refractivity (Wildman–Crippen MR) is 82.8 cm³/mol. The highest BCUT2D eigenvalue weighted by Gasteiger charge is 2.12. The Morgan fingerprint density at radius 3 is 2.55 bits per heavy atom. The highest BCUT2D eigenvalue weighted by atomic mass is 16.5. The average Bonchev–Trinajstić information content (AvgIpc) is 2.46. The van der Waals surface area contributed by atoms with E-state index in [0.29, 0.717) is 0 Å². The summed E-state index contributed by atoms with van der Waals surface area (Å²) >= 11 is 0. The number of pyridine rings is 1. The number of hydrogen-bond donors (Lipinski definition) is 1. The fraction of sp³-hybridized carbons (Fsp3) is 0.312. The van der Waals surface area contributed by atoms with Crippen molar-refractivity contribution in [2.24, 2.45) is 0 Å². The summed E-state index contributed by atoms with van der Waals surface area (Å²) in [6, 6.07) is 9.40. The fourth-order valence-electron chi connectivity index (χ4n) is 2.20. The van der Waals surface area contributed by atoms with Gasteiger partial charge in [0.2, 0.25) is 5.56 Å². The monoisotopic (exact) mass is 272 g/mol. The largest absolute Gasteiger partial charge is 0.496 e. The quantitative estimate of drug-likeness (QED) is 0.930. The summed E-state index contributed by atoms with van der Waals surface area (Å²) in [6.07, 6.45) is 0.852. The van der Waals surface area contributed by atoms with Gasteiger partial charge in [-0.05, 0) is 24.1 Å². The first-order valence-electron chi connectivity index (χ1n) is 6.64. The standard InChI is InChI=1S/C16H20N2O2/c1-5-11-6-9-15(19)17-16(11)13-8-7-12(18(2)3)10-14(13)20-4/h6-10H,5H2,1-4H3,(H,17,19). The van der Waals surface area contributed by atoms with Gasteiger partial charge in [-0.2, -0.15) is 0 Å². The van der Waals surface area contributed by atoms with E-state index >= 15 is 0 Å². The summed E-state index contributed by atoms with van der Waals surface area (Å²) in [5.41, 5.74) is 3.80. The van der Waals surface area contributed by atoms with E-state index in [2.05, 4.69) is 11.9 Å². The number of rotatable bonds is 4. The molecule has 2 rings (SSSR count). The van der Waals surface area contributed by atoms with Gasteiger partial charge in [-0.1, -0.05) is 13.0 Å². The van der Waals surface area contributed by atoms with Crippen molar-refractivity contribution in [3.05, 3.63) is 46.2 Å². The van der Waals surface area contributed by atoms with Gasteiger partial charge in [-0.15, -0.1) is 0 Å². The molecule has 1 N–H and O–H groups in total. The van der Waals surface area contributed by atoms with Crippen molar-refractivity contribution in [3.63, 3.8) is 0 Å². The second-order valence-corrected chi connectivity index (χ2v) is 4.86. The van der Waals surface area contributed by atoms with E-state index in [0.717, 1.165) is 34.7 Å². The van der Waals surface area contributed by atoms with Crippen LogP contribution in [0.3, 0.4) is 0 Å². The summed E-state index contributed by atoms with van der Waals surface area (Å²) in [5, 5.41) is 0. The van der Waals surface area contributed by atoms with Crippen LogP contribution in [0.5, 0.6) is 5.75 Å². The lowest BCUT2D eigenvalue weighted by Crippen LogP contribution is -2.10. The van der Waals surface area contributed by atoms with Crippen LogP contribution in [0.15, 0.2) is 35.1 Å². The number of aryl methyl sites for hydroxylation is 1. The molecule has 0 aliphatic carbocycles. The molecule has 0 aliphatic rings. The topological polar surface area (TPSA) is 45.3 Å². The van der Waals surface area contributed by atoms with E-state index in [1.165, 1.54) is 0 Å². The average molecular weight is 272 g/mol. The molecule has 20 heavy (non-hydrogen) atoms. The van der Waals surface area contributed by atoms with E-state index in [1.54, 1.807) is 13.2 Å². The molecule has 0 fully saturated rings. The van der Waals surface area contributed by atoms with Gasteiger partial charge in [0, 0.05) is 37.5 Å². The Bertz CT molecular complexity index is 660. The minimum Gasteiger partial charge on any atom is -0.496 e. The molecule has 4 nitrogen and oxygen atoms in total. The van der Waals surface area contributed by atoms with Crippen molar-refractivity contribution in [1.29, 1.82) is 0 Å². The van der Waals surface area contributed by atoms with E-state index < -0.39 is 0 Å². The highest BCUT2D eigenvalue weighted by molar-refractivity contribution is 5.73. The molecule has 1 aromatic carbocycles. The van der Waals surface area contributed by atoms with Gasteiger partial charge in [0.1, 0.15) is 5.75 Å². The molecule has 4 heteroatoms. The van der Waals surface area contributed by atoms with Crippen LogP contribution < -0.4 is 15.2 Å². The van der Waals surface area contributed by atoms with Crippen molar-refractivity contribution in [2.75, 3.05) is 26.1 Å². The molecular formula is C16H20N2O2. The molecule has 0 amide bonds. The van der Waals surface area contributed by atoms with E-state index in [-0.39, 0.29) is 5.56 Å². The summed E-state index contributed by atoms with van der Waals surface area (Å²) < 4.78 is 5.48. The molecule has 0 saturated heterocycles. The second-order valence-electron chi connectivity index (χ2n) is 4.86. The van der Waals surface area contributed by atoms with Gasteiger partial charge in [-0.3, -0.25) is 4.79 Å². The summed E-state index contributed by atoms with van der Waals surface area (Å²) in [6.45, 7) is 2.07.